The fourth-order valence-corrected chi connectivity index (χ4v) is 3.69. The van der Waals surface area contributed by atoms with Gasteiger partial charge in [0.25, 0.3) is 0 Å². The minimum Gasteiger partial charge on any atom is -0.366 e. The van der Waals surface area contributed by atoms with Crippen molar-refractivity contribution >= 4 is 11.6 Å². The number of hydrogen-bond acceptors (Lipinski definition) is 3. The largest absolute Gasteiger partial charge is 0.366 e. The van der Waals surface area contributed by atoms with E-state index in [-0.39, 0.29) is 5.91 Å². The van der Waals surface area contributed by atoms with Crippen LogP contribution in [-0.4, -0.2) is 22.0 Å². The molecule has 1 amide bonds. The highest BCUT2D eigenvalue weighted by atomic mass is 16.1. The van der Waals surface area contributed by atoms with E-state index in [4.69, 9.17) is 5.73 Å². The fourth-order valence-electron chi connectivity index (χ4n) is 3.69. The quantitative estimate of drug-likeness (QED) is 0.772. The van der Waals surface area contributed by atoms with Gasteiger partial charge in [-0.15, -0.1) is 0 Å². The number of primary amides is 1. The van der Waals surface area contributed by atoms with Crippen molar-refractivity contribution in [3.63, 3.8) is 0 Å². The van der Waals surface area contributed by atoms with E-state index in [1.807, 2.05) is 30.7 Å². The minimum absolute atomic E-state index is 0.349. The van der Waals surface area contributed by atoms with E-state index in [9.17, 15) is 4.79 Å². The molecule has 0 fully saturated rings. The average Bonchev–Trinajstić information content (AvgIpc) is 3.09. The van der Waals surface area contributed by atoms with Crippen LogP contribution in [0.4, 0.5) is 5.69 Å². The molecule has 5 heteroatoms. The molecule has 0 aliphatic carbocycles. The van der Waals surface area contributed by atoms with Crippen LogP contribution in [0.15, 0.2) is 61.1 Å². The highest BCUT2D eigenvalue weighted by molar-refractivity contribution is 5.96. The maximum atomic E-state index is 11.7. The van der Waals surface area contributed by atoms with Crippen LogP contribution in [0.2, 0.25) is 0 Å². The zero-order valence-corrected chi connectivity index (χ0v) is 14.6. The van der Waals surface area contributed by atoms with Gasteiger partial charge in [-0.1, -0.05) is 36.4 Å². The molecule has 0 spiro atoms. The van der Waals surface area contributed by atoms with E-state index < -0.39 is 0 Å². The Bertz CT molecular complexity index is 917. The van der Waals surface area contributed by atoms with Crippen molar-refractivity contribution < 1.29 is 4.79 Å². The van der Waals surface area contributed by atoms with Crippen LogP contribution in [0.1, 0.15) is 33.6 Å². The highest BCUT2D eigenvalue weighted by Gasteiger charge is 2.22. The average molecular weight is 346 g/mol. The van der Waals surface area contributed by atoms with Gasteiger partial charge in [-0.05, 0) is 36.1 Å². The molecule has 0 saturated carbocycles. The van der Waals surface area contributed by atoms with Gasteiger partial charge >= 0.3 is 0 Å². The van der Waals surface area contributed by atoms with Crippen molar-refractivity contribution in [1.29, 1.82) is 0 Å². The second kappa shape index (κ2) is 7.04. The van der Waals surface area contributed by atoms with E-state index in [0.717, 1.165) is 49.4 Å². The normalized spacial score (nSPS) is 13.5. The zero-order chi connectivity index (χ0) is 17.9. The third kappa shape index (κ3) is 3.20. The smallest absolute Gasteiger partial charge is 0.249 e. The molecule has 1 aromatic heterocycles. The number of hydrogen-bond donors (Lipinski definition) is 1. The van der Waals surface area contributed by atoms with Gasteiger partial charge in [0, 0.05) is 30.5 Å². The molecule has 2 aromatic carbocycles. The molecule has 0 radical (unpaired) electrons. The van der Waals surface area contributed by atoms with E-state index >= 15 is 0 Å². The molecule has 0 bridgehead atoms. The van der Waals surface area contributed by atoms with Crippen molar-refractivity contribution in [2.24, 2.45) is 5.73 Å². The summed E-state index contributed by atoms with van der Waals surface area (Å²) in [5.74, 6) is -0.349. The molecule has 0 atom stereocenters. The van der Waals surface area contributed by atoms with Crippen molar-refractivity contribution in [3.8, 4) is 0 Å². The van der Waals surface area contributed by atoms with Gasteiger partial charge in [-0.3, -0.25) is 4.79 Å². The standard InChI is InChI=1S/C21H22N4O/c22-21(26)19-8-4-10-20-18(19)9-5-11-24(20)14-17-12-23-15-25(17)13-16-6-2-1-3-7-16/h1-4,6-8,10,12,15H,5,9,11,13-14H2,(H2,22,26). The highest BCUT2D eigenvalue weighted by Crippen LogP contribution is 2.31. The van der Waals surface area contributed by atoms with Crippen molar-refractivity contribution in [3.05, 3.63) is 83.4 Å². The van der Waals surface area contributed by atoms with E-state index in [2.05, 4.69) is 44.8 Å². The third-order valence-corrected chi connectivity index (χ3v) is 4.96. The number of nitrogens with two attached hydrogens (primary N) is 1. The van der Waals surface area contributed by atoms with Crippen molar-refractivity contribution in [2.45, 2.75) is 25.9 Å². The topological polar surface area (TPSA) is 64.2 Å². The van der Waals surface area contributed by atoms with Gasteiger partial charge in [0.2, 0.25) is 5.91 Å². The molecule has 2 N–H and O–H groups in total. The Morgan fingerprint density at radius 1 is 1.08 bits per heavy atom. The first kappa shape index (κ1) is 16.4. The number of carbonyl (C=O) groups excluding carboxylic acids is 1. The number of carbonyl (C=O) groups is 1. The second-order valence-corrected chi connectivity index (χ2v) is 6.69. The van der Waals surface area contributed by atoms with Crippen LogP contribution in [0.3, 0.4) is 0 Å². The summed E-state index contributed by atoms with van der Waals surface area (Å²) in [5, 5.41) is 0. The van der Waals surface area contributed by atoms with Crippen LogP contribution in [-0.2, 0) is 19.5 Å². The van der Waals surface area contributed by atoms with Crippen LogP contribution >= 0.6 is 0 Å². The summed E-state index contributed by atoms with van der Waals surface area (Å²) in [7, 11) is 0. The first-order valence-corrected chi connectivity index (χ1v) is 8.92. The minimum atomic E-state index is -0.349. The molecular weight excluding hydrogens is 324 g/mol. The molecule has 5 nitrogen and oxygen atoms in total. The summed E-state index contributed by atoms with van der Waals surface area (Å²) in [4.78, 5) is 18.4. The zero-order valence-electron chi connectivity index (χ0n) is 14.6. The SMILES string of the molecule is NC(=O)c1cccc2c1CCCN2Cc1cncn1Cc1ccccc1. The molecule has 2 heterocycles. The third-order valence-electron chi connectivity index (χ3n) is 4.96. The Balaban J connectivity index is 1.60. The lowest BCUT2D eigenvalue weighted by molar-refractivity contribution is 0.0999. The summed E-state index contributed by atoms with van der Waals surface area (Å²) in [6.07, 6.45) is 5.72. The Morgan fingerprint density at radius 2 is 1.92 bits per heavy atom. The van der Waals surface area contributed by atoms with Crippen molar-refractivity contribution in [2.75, 3.05) is 11.4 Å². The molecule has 26 heavy (non-hydrogen) atoms. The molecule has 4 rings (SSSR count). The number of fused-ring (bicyclic) bond motifs is 1. The summed E-state index contributed by atoms with van der Waals surface area (Å²) in [6.45, 7) is 2.53. The predicted octanol–water partition coefficient (Wildman–Crippen LogP) is 2.98. The van der Waals surface area contributed by atoms with Gasteiger partial charge in [0.05, 0.1) is 18.6 Å². The van der Waals surface area contributed by atoms with Crippen LogP contribution in [0, 0.1) is 0 Å². The van der Waals surface area contributed by atoms with Gasteiger partial charge < -0.3 is 15.2 Å². The Labute approximate surface area is 153 Å². The number of imidazole rings is 1. The summed E-state index contributed by atoms with van der Waals surface area (Å²) in [5.41, 5.74) is 10.8. The Kier molecular flexibility index (Phi) is 4.44. The molecule has 0 saturated heterocycles. The number of amides is 1. The lowest BCUT2D eigenvalue weighted by Gasteiger charge is -2.32. The molecule has 0 unspecified atom stereocenters. The van der Waals surface area contributed by atoms with Crippen LogP contribution < -0.4 is 10.6 Å². The monoisotopic (exact) mass is 346 g/mol. The maximum absolute atomic E-state index is 11.7. The first-order valence-electron chi connectivity index (χ1n) is 8.92. The van der Waals surface area contributed by atoms with Gasteiger partial charge in [0.15, 0.2) is 0 Å². The van der Waals surface area contributed by atoms with Crippen LogP contribution in [0.5, 0.6) is 0 Å². The predicted molar refractivity (Wildman–Crippen MR) is 102 cm³/mol. The number of anilines is 1. The molecule has 3 aromatic rings. The first-order chi connectivity index (χ1) is 12.7. The Morgan fingerprint density at radius 3 is 2.73 bits per heavy atom. The van der Waals surface area contributed by atoms with Gasteiger partial charge in [0.1, 0.15) is 0 Å². The van der Waals surface area contributed by atoms with Crippen molar-refractivity contribution in [1.82, 2.24) is 9.55 Å². The van der Waals surface area contributed by atoms with Gasteiger partial charge in [-0.2, -0.15) is 0 Å². The summed E-state index contributed by atoms with van der Waals surface area (Å²) < 4.78 is 2.18. The molecular formula is C21H22N4O. The fraction of sp³-hybridized carbons (Fsp3) is 0.238. The van der Waals surface area contributed by atoms with E-state index in [0.29, 0.717) is 5.56 Å². The number of aromatic nitrogens is 2. The van der Waals surface area contributed by atoms with Gasteiger partial charge in [-0.25, -0.2) is 4.98 Å². The summed E-state index contributed by atoms with van der Waals surface area (Å²) in [6, 6.07) is 16.2. The summed E-state index contributed by atoms with van der Waals surface area (Å²) >= 11 is 0. The van der Waals surface area contributed by atoms with E-state index in [1.165, 1.54) is 5.56 Å². The molecule has 1 aliphatic heterocycles. The number of benzene rings is 2. The number of rotatable bonds is 5. The van der Waals surface area contributed by atoms with E-state index in [1.54, 1.807) is 0 Å². The lowest BCUT2D eigenvalue weighted by atomic mass is 9.96. The molecule has 132 valence electrons. The molecule has 1 aliphatic rings. The lowest BCUT2D eigenvalue weighted by Crippen LogP contribution is -2.31. The Hall–Kier alpha value is -3.08. The van der Waals surface area contributed by atoms with Crippen LogP contribution in [0.25, 0.3) is 0 Å². The number of nitrogens with zero attached hydrogens (tertiary/aromatic N) is 3. The second-order valence-electron chi connectivity index (χ2n) is 6.69. The maximum Gasteiger partial charge on any atom is 0.249 e.